The number of sulfonamides is 1. The van der Waals surface area contributed by atoms with Gasteiger partial charge in [0.1, 0.15) is 0 Å². The van der Waals surface area contributed by atoms with Gasteiger partial charge >= 0.3 is 0 Å². The molecule has 1 N–H and O–H groups in total. The Kier molecular flexibility index (Phi) is 8.77. The van der Waals surface area contributed by atoms with Crippen molar-refractivity contribution in [3.63, 3.8) is 0 Å². The van der Waals surface area contributed by atoms with Crippen molar-refractivity contribution in [2.24, 2.45) is 0 Å². The summed E-state index contributed by atoms with van der Waals surface area (Å²) in [5.74, 6) is -0.172. The van der Waals surface area contributed by atoms with Gasteiger partial charge in [-0.25, -0.2) is 8.42 Å². The second-order valence-corrected chi connectivity index (χ2v) is 11.7. The van der Waals surface area contributed by atoms with Crippen LogP contribution in [0.15, 0.2) is 48.5 Å². The predicted octanol–water partition coefficient (Wildman–Crippen LogP) is 3.42. The summed E-state index contributed by atoms with van der Waals surface area (Å²) < 4.78 is 25.8. The molecule has 36 heavy (non-hydrogen) atoms. The molecular weight excluding hydrogens is 476 g/mol. The molecule has 0 saturated carbocycles. The molecule has 0 bridgehead atoms. The molecule has 2 aliphatic rings. The maximum absolute atomic E-state index is 13.2. The number of rotatable bonds is 7. The number of benzene rings is 2. The van der Waals surface area contributed by atoms with Gasteiger partial charge in [0.05, 0.1) is 17.0 Å². The molecule has 2 aromatic carbocycles. The van der Waals surface area contributed by atoms with E-state index in [0.29, 0.717) is 49.5 Å². The minimum absolute atomic E-state index is 0.0363. The number of piperazine rings is 1. The van der Waals surface area contributed by atoms with Gasteiger partial charge in [-0.2, -0.15) is 4.31 Å². The van der Waals surface area contributed by atoms with Crippen molar-refractivity contribution < 1.29 is 18.0 Å². The number of nitrogens with one attached hydrogen (secondary N) is 1. The quantitative estimate of drug-likeness (QED) is 0.614. The number of hydrogen-bond acceptors (Lipinski definition) is 5. The first kappa shape index (κ1) is 26.3. The van der Waals surface area contributed by atoms with Gasteiger partial charge in [0.25, 0.3) is 11.8 Å². The molecule has 194 valence electrons. The summed E-state index contributed by atoms with van der Waals surface area (Å²) in [5, 5.41) is 2.95. The van der Waals surface area contributed by atoms with Gasteiger partial charge in [-0.1, -0.05) is 37.1 Å². The fraction of sp³-hybridized carbons (Fsp3) is 0.481. The molecule has 2 amide bonds. The minimum Gasteiger partial charge on any atom is -0.339 e. The molecule has 0 atom stereocenters. The Morgan fingerprint density at radius 3 is 2.25 bits per heavy atom. The minimum atomic E-state index is -3.16. The van der Waals surface area contributed by atoms with E-state index in [-0.39, 0.29) is 17.6 Å². The molecule has 0 spiro atoms. The number of carbonyl (C=O) groups is 2. The highest BCUT2D eigenvalue weighted by molar-refractivity contribution is 7.89. The van der Waals surface area contributed by atoms with Gasteiger partial charge in [0, 0.05) is 51.4 Å². The average Bonchev–Trinajstić information content (AvgIpc) is 3.19. The fourth-order valence-corrected chi connectivity index (χ4v) is 5.92. The Morgan fingerprint density at radius 2 is 1.56 bits per heavy atom. The summed E-state index contributed by atoms with van der Waals surface area (Å²) in [5.41, 5.74) is 2.55. The smallest absolute Gasteiger partial charge is 0.255 e. The van der Waals surface area contributed by atoms with Crippen LogP contribution in [0.3, 0.4) is 0 Å². The van der Waals surface area contributed by atoms with Crippen LogP contribution < -0.4 is 5.32 Å². The lowest BCUT2D eigenvalue weighted by atomic mass is 10.1. The van der Waals surface area contributed by atoms with Crippen LogP contribution in [0.2, 0.25) is 0 Å². The van der Waals surface area contributed by atoms with E-state index in [9.17, 15) is 18.0 Å². The number of amides is 2. The average molecular weight is 513 g/mol. The lowest BCUT2D eigenvalue weighted by Crippen LogP contribution is -2.48. The molecular formula is C27H36N4O4S. The van der Waals surface area contributed by atoms with E-state index in [4.69, 9.17) is 0 Å². The highest BCUT2D eigenvalue weighted by Crippen LogP contribution is 2.21. The van der Waals surface area contributed by atoms with Crippen molar-refractivity contribution in [2.75, 3.05) is 50.3 Å². The van der Waals surface area contributed by atoms with Crippen molar-refractivity contribution in [1.29, 1.82) is 0 Å². The molecule has 0 aliphatic carbocycles. The number of anilines is 1. The van der Waals surface area contributed by atoms with Crippen LogP contribution in [0.25, 0.3) is 0 Å². The number of para-hydroxylation sites is 1. The van der Waals surface area contributed by atoms with E-state index in [1.165, 1.54) is 0 Å². The van der Waals surface area contributed by atoms with Crippen molar-refractivity contribution >= 4 is 27.5 Å². The highest BCUT2D eigenvalue weighted by atomic mass is 32.2. The number of hydrogen-bond donors (Lipinski definition) is 1. The van der Waals surface area contributed by atoms with Gasteiger partial charge in [-0.15, -0.1) is 0 Å². The topological polar surface area (TPSA) is 90.0 Å². The van der Waals surface area contributed by atoms with Crippen molar-refractivity contribution in [1.82, 2.24) is 14.1 Å². The van der Waals surface area contributed by atoms with Crippen molar-refractivity contribution in [3.05, 3.63) is 65.2 Å². The molecule has 4 rings (SSSR count). The van der Waals surface area contributed by atoms with Crippen molar-refractivity contribution in [2.45, 2.75) is 39.2 Å². The Labute approximate surface area is 214 Å². The summed E-state index contributed by atoms with van der Waals surface area (Å²) in [4.78, 5) is 30.4. The summed E-state index contributed by atoms with van der Waals surface area (Å²) in [7, 11) is -3.16. The molecule has 0 unspecified atom stereocenters. The summed E-state index contributed by atoms with van der Waals surface area (Å²) in [6, 6.07) is 14.7. The molecule has 9 heteroatoms. The molecule has 8 nitrogen and oxygen atoms in total. The van der Waals surface area contributed by atoms with E-state index in [0.717, 1.165) is 44.3 Å². The highest BCUT2D eigenvalue weighted by Gasteiger charge is 2.25. The second kappa shape index (κ2) is 12.0. The molecule has 2 saturated heterocycles. The largest absolute Gasteiger partial charge is 0.339 e. The molecule has 0 radical (unpaired) electrons. The van der Waals surface area contributed by atoms with Crippen LogP contribution in [-0.2, 0) is 16.6 Å². The lowest BCUT2D eigenvalue weighted by molar-refractivity contribution is 0.0762. The van der Waals surface area contributed by atoms with Gasteiger partial charge in [-0.3, -0.25) is 14.5 Å². The fourth-order valence-electron chi connectivity index (χ4n) is 4.83. The molecule has 0 aromatic heterocycles. The maximum Gasteiger partial charge on any atom is 0.255 e. The van der Waals surface area contributed by atoms with Crippen LogP contribution in [-0.4, -0.2) is 79.4 Å². The number of likely N-dealkylation sites (tertiary alicyclic amines) is 1. The van der Waals surface area contributed by atoms with E-state index in [2.05, 4.69) is 10.2 Å². The standard InChI is InChI=1S/C27H36N4O4S/c1-2-36(34,35)31-18-16-29(17-19-31)21-22-10-9-11-23(20-22)26(32)28-25-13-6-5-12-24(25)27(33)30-14-7-3-4-8-15-30/h5-6,9-13,20H,2-4,7-8,14-19,21H2,1H3,(H,28,32). The van der Waals surface area contributed by atoms with Crippen LogP contribution in [0.4, 0.5) is 5.69 Å². The Morgan fingerprint density at radius 1 is 0.861 bits per heavy atom. The van der Waals surface area contributed by atoms with E-state index >= 15 is 0 Å². The zero-order valence-corrected chi connectivity index (χ0v) is 21.8. The van der Waals surface area contributed by atoms with Gasteiger partial charge in [0.2, 0.25) is 10.0 Å². The monoisotopic (exact) mass is 512 g/mol. The molecule has 2 aliphatic heterocycles. The Hall–Kier alpha value is -2.75. The first-order valence-corrected chi connectivity index (χ1v) is 14.5. The van der Waals surface area contributed by atoms with Gasteiger partial charge in [-0.05, 0) is 49.6 Å². The van der Waals surface area contributed by atoms with Gasteiger partial charge in [0.15, 0.2) is 0 Å². The summed E-state index contributed by atoms with van der Waals surface area (Å²) in [6.45, 7) is 6.09. The van der Waals surface area contributed by atoms with Crippen molar-refractivity contribution in [3.8, 4) is 0 Å². The Bertz CT molecular complexity index is 1170. The third-order valence-electron chi connectivity index (χ3n) is 6.98. The van der Waals surface area contributed by atoms with Crippen LogP contribution in [0.5, 0.6) is 0 Å². The molecule has 2 heterocycles. The summed E-state index contributed by atoms with van der Waals surface area (Å²) >= 11 is 0. The Balaban J connectivity index is 1.40. The third kappa shape index (κ3) is 6.52. The third-order valence-corrected chi connectivity index (χ3v) is 8.87. The second-order valence-electron chi connectivity index (χ2n) is 9.48. The number of carbonyl (C=O) groups excluding carboxylic acids is 2. The van der Waals surface area contributed by atoms with E-state index in [1.54, 1.807) is 29.4 Å². The maximum atomic E-state index is 13.2. The van der Waals surface area contributed by atoms with E-state index in [1.807, 2.05) is 35.2 Å². The first-order valence-electron chi connectivity index (χ1n) is 12.9. The van der Waals surface area contributed by atoms with E-state index < -0.39 is 10.0 Å². The predicted molar refractivity (Wildman–Crippen MR) is 142 cm³/mol. The zero-order valence-electron chi connectivity index (χ0n) is 21.0. The van der Waals surface area contributed by atoms with Gasteiger partial charge < -0.3 is 10.2 Å². The molecule has 2 fully saturated rings. The first-order chi connectivity index (χ1) is 17.4. The lowest BCUT2D eigenvalue weighted by Gasteiger charge is -2.33. The van der Waals surface area contributed by atoms with Crippen LogP contribution >= 0.6 is 0 Å². The summed E-state index contributed by atoms with van der Waals surface area (Å²) in [6.07, 6.45) is 4.31. The number of nitrogens with zero attached hydrogens (tertiary/aromatic N) is 3. The van der Waals surface area contributed by atoms with Crippen LogP contribution in [0.1, 0.15) is 58.9 Å². The zero-order chi connectivity index (χ0) is 25.5. The normalized spacial score (nSPS) is 18.0. The van der Waals surface area contributed by atoms with Crippen LogP contribution in [0, 0.1) is 0 Å². The SMILES string of the molecule is CCS(=O)(=O)N1CCN(Cc2cccc(C(=O)Nc3ccccc3C(=O)N3CCCCCC3)c2)CC1. The molecule has 2 aromatic rings.